The van der Waals surface area contributed by atoms with Crippen LogP contribution in [0.4, 0.5) is 0 Å². The summed E-state index contributed by atoms with van der Waals surface area (Å²) < 4.78 is 0. The highest BCUT2D eigenvalue weighted by Gasteiger charge is 2.31. The van der Waals surface area contributed by atoms with Crippen LogP contribution in [-0.2, 0) is 16.0 Å². The van der Waals surface area contributed by atoms with Crippen molar-refractivity contribution in [3.05, 3.63) is 69.6 Å². The monoisotopic (exact) mass is 366 g/mol. The summed E-state index contributed by atoms with van der Waals surface area (Å²) in [6.45, 7) is 1.61. The van der Waals surface area contributed by atoms with Gasteiger partial charge in [0, 0.05) is 42.4 Å². The molecule has 2 heterocycles. The molecule has 1 aliphatic carbocycles. The van der Waals surface area contributed by atoms with Gasteiger partial charge in [-0.1, -0.05) is 30.3 Å². The highest BCUT2D eigenvalue weighted by atomic mass is 32.1. The fourth-order valence-electron chi connectivity index (χ4n) is 3.83. The zero-order valence-electron chi connectivity index (χ0n) is 14.5. The van der Waals surface area contributed by atoms with E-state index < -0.39 is 0 Å². The summed E-state index contributed by atoms with van der Waals surface area (Å²) >= 11 is 1.62. The molecule has 0 spiro atoms. The van der Waals surface area contributed by atoms with E-state index in [9.17, 15) is 9.59 Å². The van der Waals surface area contributed by atoms with Gasteiger partial charge in [-0.3, -0.25) is 9.59 Å². The van der Waals surface area contributed by atoms with Gasteiger partial charge in [-0.2, -0.15) is 0 Å². The van der Waals surface area contributed by atoms with Gasteiger partial charge in [-0.15, -0.1) is 11.3 Å². The summed E-state index contributed by atoms with van der Waals surface area (Å²) in [5.41, 5.74) is 2.99. The lowest BCUT2D eigenvalue weighted by Gasteiger charge is -2.27. The molecule has 1 aliphatic heterocycles. The second-order valence-electron chi connectivity index (χ2n) is 6.89. The third-order valence-corrected chi connectivity index (χ3v) is 6.23. The van der Waals surface area contributed by atoms with Crippen LogP contribution in [0.15, 0.2) is 53.6 Å². The molecule has 5 heteroatoms. The van der Waals surface area contributed by atoms with Crippen LogP contribution in [0.1, 0.15) is 40.8 Å². The first-order valence-electron chi connectivity index (χ1n) is 9.07. The van der Waals surface area contributed by atoms with Crippen LogP contribution in [0, 0.1) is 0 Å². The fourth-order valence-corrected chi connectivity index (χ4v) is 4.67. The number of benzene rings is 1. The Morgan fingerprint density at radius 1 is 1.12 bits per heavy atom. The van der Waals surface area contributed by atoms with Crippen LogP contribution in [0.25, 0.3) is 0 Å². The maximum Gasteiger partial charge on any atom is 0.168 e. The predicted molar refractivity (Wildman–Crippen MR) is 103 cm³/mol. The molecule has 1 atom stereocenters. The zero-order chi connectivity index (χ0) is 17.9. The Morgan fingerprint density at radius 2 is 1.92 bits per heavy atom. The van der Waals surface area contributed by atoms with E-state index in [-0.39, 0.29) is 23.5 Å². The van der Waals surface area contributed by atoms with Gasteiger partial charge in [0.15, 0.2) is 11.6 Å². The molecule has 1 aromatic heterocycles. The smallest absolute Gasteiger partial charge is 0.168 e. The number of allylic oxidation sites excluding steroid dienone is 1. The molecule has 0 saturated heterocycles. The third kappa shape index (κ3) is 3.50. The highest BCUT2D eigenvalue weighted by Crippen LogP contribution is 2.33. The van der Waals surface area contributed by atoms with Gasteiger partial charge in [-0.05, 0) is 35.5 Å². The van der Waals surface area contributed by atoms with Crippen LogP contribution < -0.4 is 10.6 Å². The van der Waals surface area contributed by atoms with E-state index in [0.717, 1.165) is 17.8 Å². The van der Waals surface area contributed by atoms with E-state index in [2.05, 4.69) is 34.9 Å². The molecular formula is C21H22N2O2S. The van der Waals surface area contributed by atoms with Gasteiger partial charge < -0.3 is 10.6 Å². The first-order valence-corrected chi connectivity index (χ1v) is 9.95. The SMILES string of the molecule is O=C1CC(c2cccs2)CC(=O)C1=CNCC1NCCc2ccccc21. The molecule has 2 aliphatic rings. The molecule has 4 rings (SSSR count). The average Bonchev–Trinajstić information content (AvgIpc) is 3.19. The number of Topliss-reactive ketones (excluding diaryl/α,β-unsaturated/α-hetero) is 2. The number of rotatable bonds is 4. The van der Waals surface area contributed by atoms with E-state index in [1.165, 1.54) is 11.1 Å². The van der Waals surface area contributed by atoms with Crippen molar-refractivity contribution in [2.45, 2.75) is 31.2 Å². The number of nitrogens with one attached hydrogen (secondary N) is 2. The summed E-state index contributed by atoms with van der Waals surface area (Å²) in [7, 11) is 0. The second kappa shape index (κ2) is 7.56. The maximum absolute atomic E-state index is 12.5. The van der Waals surface area contributed by atoms with Gasteiger partial charge in [-0.25, -0.2) is 0 Å². The van der Waals surface area contributed by atoms with Gasteiger partial charge in [0.25, 0.3) is 0 Å². The van der Waals surface area contributed by atoms with Crippen LogP contribution in [-0.4, -0.2) is 24.7 Å². The lowest BCUT2D eigenvalue weighted by Crippen LogP contribution is -2.36. The Morgan fingerprint density at radius 3 is 2.69 bits per heavy atom. The minimum Gasteiger partial charge on any atom is -0.388 e. The summed E-state index contributed by atoms with van der Waals surface area (Å²) in [5.74, 6) is -0.0626. The van der Waals surface area contributed by atoms with Crippen molar-refractivity contribution in [2.75, 3.05) is 13.1 Å². The van der Waals surface area contributed by atoms with Crippen LogP contribution in [0.2, 0.25) is 0 Å². The van der Waals surface area contributed by atoms with Crippen molar-refractivity contribution in [1.29, 1.82) is 0 Å². The lowest BCUT2D eigenvalue weighted by molar-refractivity contribution is -0.124. The molecular weight excluding hydrogens is 344 g/mol. The first kappa shape index (κ1) is 17.2. The second-order valence-corrected chi connectivity index (χ2v) is 7.87. The normalized spacial score (nSPS) is 22.8. The molecule has 1 fully saturated rings. The van der Waals surface area contributed by atoms with Crippen LogP contribution in [0.5, 0.6) is 0 Å². The number of carbonyl (C=O) groups is 2. The van der Waals surface area contributed by atoms with E-state index in [0.29, 0.717) is 25.0 Å². The molecule has 0 amide bonds. The lowest BCUT2D eigenvalue weighted by atomic mass is 9.83. The number of thiophene rings is 1. The van der Waals surface area contributed by atoms with Crippen molar-refractivity contribution in [3.8, 4) is 0 Å². The Bertz CT molecular complexity index is 821. The number of hydrogen-bond acceptors (Lipinski definition) is 5. The van der Waals surface area contributed by atoms with Gasteiger partial charge in [0.1, 0.15) is 0 Å². The maximum atomic E-state index is 12.5. The highest BCUT2D eigenvalue weighted by molar-refractivity contribution is 7.10. The number of carbonyl (C=O) groups excluding carboxylic acids is 2. The molecule has 1 aromatic carbocycles. The largest absolute Gasteiger partial charge is 0.388 e. The predicted octanol–water partition coefficient (Wildman–Crippen LogP) is 3.12. The average molecular weight is 366 g/mol. The fraction of sp³-hybridized carbons (Fsp3) is 0.333. The number of ketones is 2. The molecule has 2 aromatic rings. The summed E-state index contributed by atoms with van der Waals surface area (Å²) in [6, 6.07) is 12.6. The molecule has 0 radical (unpaired) electrons. The third-order valence-electron chi connectivity index (χ3n) is 5.19. The van der Waals surface area contributed by atoms with Crippen LogP contribution in [0.3, 0.4) is 0 Å². The molecule has 1 saturated carbocycles. The number of fused-ring (bicyclic) bond motifs is 1. The molecule has 2 N–H and O–H groups in total. The molecule has 1 unspecified atom stereocenters. The van der Waals surface area contributed by atoms with Crippen molar-refractivity contribution in [2.24, 2.45) is 0 Å². The zero-order valence-corrected chi connectivity index (χ0v) is 15.4. The topological polar surface area (TPSA) is 58.2 Å². The van der Waals surface area contributed by atoms with Crippen molar-refractivity contribution in [1.82, 2.24) is 10.6 Å². The van der Waals surface area contributed by atoms with Crippen molar-refractivity contribution >= 4 is 22.9 Å². The summed E-state index contributed by atoms with van der Waals surface area (Å²) in [5, 5.41) is 8.71. The summed E-state index contributed by atoms with van der Waals surface area (Å²) in [6.07, 6.45) is 3.51. The van der Waals surface area contributed by atoms with Crippen LogP contribution >= 0.6 is 11.3 Å². The first-order chi connectivity index (χ1) is 12.7. The summed E-state index contributed by atoms with van der Waals surface area (Å²) in [4.78, 5) is 26.0. The van der Waals surface area contributed by atoms with Gasteiger partial charge >= 0.3 is 0 Å². The molecule has 4 nitrogen and oxygen atoms in total. The molecule has 134 valence electrons. The minimum atomic E-state index is -0.0517. The van der Waals surface area contributed by atoms with E-state index in [4.69, 9.17) is 0 Å². The van der Waals surface area contributed by atoms with Crippen molar-refractivity contribution in [3.63, 3.8) is 0 Å². The Balaban J connectivity index is 1.40. The molecule has 0 bridgehead atoms. The Hall–Kier alpha value is -2.24. The Labute approximate surface area is 157 Å². The quantitative estimate of drug-likeness (QED) is 0.645. The van der Waals surface area contributed by atoms with E-state index in [1.807, 2.05) is 17.5 Å². The molecule has 26 heavy (non-hydrogen) atoms. The standard InChI is InChI=1S/C21H22N2O2S/c24-19-10-15(21-6-3-9-26-21)11-20(25)17(19)12-22-13-18-16-5-2-1-4-14(16)7-8-23-18/h1-6,9,12,15,18,22-23H,7-8,10-11,13H2. The number of hydrogen-bond donors (Lipinski definition) is 2. The Kier molecular flexibility index (Phi) is 5.00. The van der Waals surface area contributed by atoms with E-state index in [1.54, 1.807) is 17.5 Å². The van der Waals surface area contributed by atoms with Gasteiger partial charge in [0.05, 0.1) is 5.57 Å². The van der Waals surface area contributed by atoms with Crippen molar-refractivity contribution < 1.29 is 9.59 Å². The van der Waals surface area contributed by atoms with E-state index >= 15 is 0 Å². The van der Waals surface area contributed by atoms with Gasteiger partial charge in [0.2, 0.25) is 0 Å². The minimum absolute atomic E-state index is 0.0408.